The van der Waals surface area contributed by atoms with Crippen LogP contribution in [-0.2, 0) is 0 Å². The van der Waals surface area contributed by atoms with E-state index in [4.69, 9.17) is 24.4 Å². The zero-order valence-corrected chi connectivity index (χ0v) is 33.6. The Balaban J connectivity index is 0.920. The number of furan rings is 1. The second-order valence-corrected chi connectivity index (χ2v) is 15.7. The minimum atomic E-state index is 0.561. The molecule has 13 rings (SSSR count). The van der Waals surface area contributed by atoms with Gasteiger partial charge in [-0.1, -0.05) is 115 Å². The van der Waals surface area contributed by atoms with Crippen LogP contribution < -0.4 is 0 Å². The van der Waals surface area contributed by atoms with E-state index in [1.165, 1.54) is 5.39 Å². The van der Waals surface area contributed by atoms with Gasteiger partial charge in [0.2, 0.25) is 5.95 Å². The van der Waals surface area contributed by atoms with Crippen LogP contribution in [0.2, 0.25) is 0 Å². The maximum absolute atomic E-state index is 6.14. The van der Waals surface area contributed by atoms with Crippen molar-refractivity contribution in [2.24, 2.45) is 0 Å². The lowest BCUT2D eigenvalue weighted by Crippen LogP contribution is -2.06. The molecule has 0 N–H and O–H groups in total. The number of hydrogen-bond donors (Lipinski definition) is 0. The summed E-state index contributed by atoms with van der Waals surface area (Å²) >= 11 is 0. The number of aromatic nitrogens is 7. The van der Waals surface area contributed by atoms with Crippen molar-refractivity contribution in [3.8, 4) is 56.9 Å². The van der Waals surface area contributed by atoms with E-state index < -0.39 is 0 Å². The van der Waals surface area contributed by atoms with Gasteiger partial charge in [0, 0.05) is 72.7 Å². The fourth-order valence-corrected chi connectivity index (χ4v) is 9.16. The predicted molar refractivity (Wildman–Crippen MR) is 253 cm³/mol. The Kier molecular flexibility index (Phi) is 7.74. The summed E-state index contributed by atoms with van der Waals surface area (Å²) in [6, 6.07) is 65.0. The molecule has 8 heteroatoms. The van der Waals surface area contributed by atoms with Crippen LogP contribution >= 0.6 is 0 Å². The van der Waals surface area contributed by atoms with Crippen molar-refractivity contribution in [1.29, 1.82) is 0 Å². The molecule has 0 saturated heterocycles. The molecule has 0 saturated carbocycles. The van der Waals surface area contributed by atoms with E-state index in [0.29, 0.717) is 17.6 Å². The van der Waals surface area contributed by atoms with E-state index in [9.17, 15) is 0 Å². The molecule has 0 aliphatic carbocycles. The van der Waals surface area contributed by atoms with Crippen LogP contribution in [0.25, 0.3) is 122 Å². The molecule has 0 fully saturated rings. The largest absolute Gasteiger partial charge is 0.456 e. The smallest absolute Gasteiger partial charge is 0.238 e. The highest BCUT2D eigenvalue weighted by atomic mass is 16.3. The number of fused-ring (bicyclic) bond motifs is 9. The maximum atomic E-state index is 6.14. The molecule has 0 aliphatic rings. The zero-order chi connectivity index (χ0) is 41.4. The van der Waals surface area contributed by atoms with Gasteiger partial charge in [0.25, 0.3) is 0 Å². The molecule has 6 heterocycles. The van der Waals surface area contributed by atoms with Crippen LogP contribution in [0.5, 0.6) is 0 Å². The fourth-order valence-electron chi connectivity index (χ4n) is 9.16. The van der Waals surface area contributed by atoms with Crippen molar-refractivity contribution < 1.29 is 4.42 Å². The lowest BCUT2D eigenvalue weighted by molar-refractivity contribution is 0.668. The highest BCUT2D eigenvalue weighted by Crippen LogP contribution is 2.39. The second kappa shape index (κ2) is 13.9. The average molecular weight is 808 g/mol. The van der Waals surface area contributed by atoms with E-state index in [0.717, 1.165) is 99.5 Å². The van der Waals surface area contributed by atoms with Crippen LogP contribution in [0.1, 0.15) is 0 Å². The van der Waals surface area contributed by atoms with Crippen LogP contribution in [0.15, 0.2) is 205 Å². The highest BCUT2D eigenvalue weighted by molar-refractivity contribution is 6.12. The number of para-hydroxylation sites is 2. The van der Waals surface area contributed by atoms with Gasteiger partial charge < -0.3 is 8.98 Å². The Morgan fingerprint density at radius 2 is 0.905 bits per heavy atom. The molecule has 0 spiro atoms. The first kappa shape index (κ1) is 35.0. The van der Waals surface area contributed by atoms with Crippen LogP contribution in [-0.4, -0.2) is 34.1 Å². The number of pyridine rings is 2. The Morgan fingerprint density at radius 3 is 1.56 bits per heavy atom. The summed E-state index contributed by atoms with van der Waals surface area (Å²) < 4.78 is 10.6. The van der Waals surface area contributed by atoms with E-state index in [1.807, 2.05) is 72.9 Å². The van der Waals surface area contributed by atoms with E-state index in [2.05, 4.69) is 135 Å². The summed E-state index contributed by atoms with van der Waals surface area (Å²) in [5.74, 6) is 1.80. The predicted octanol–water partition coefficient (Wildman–Crippen LogP) is 13.4. The third-order valence-corrected chi connectivity index (χ3v) is 12.1. The summed E-state index contributed by atoms with van der Waals surface area (Å²) in [4.78, 5) is 24.8. The quantitative estimate of drug-likeness (QED) is 0.166. The van der Waals surface area contributed by atoms with Gasteiger partial charge in [-0.3, -0.25) is 9.55 Å². The lowest BCUT2D eigenvalue weighted by atomic mass is 10.0. The van der Waals surface area contributed by atoms with Gasteiger partial charge >= 0.3 is 0 Å². The summed E-state index contributed by atoms with van der Waals surface area (Å²) in [7, 11) is 0. The van der Waals surface area contributed by atoms with Crippen molar-refractivity contribution in [1.82, 2.24) is 34.1 Å². The Hall–Kier alpha value is -8.75. The average Bonchev–Trinajstić information content (AvgIpc) is 4.01. The second-order valence-electron chi connectivity index (χ2n) is 15.7. The Bertz CT molecular complexity index is 3870. The molecule has 63 heavy (non-hydrogen) atoms. The molecule has 0 amide bonds. The highest BCUT2D eigenvalue weighted by Gasteiger charge is 2.20. The van der Waals surface area contributed by atoms with Crippen molar-refractivity contribution in [3.05, 3.63) is 200 Å². The number of hydrogen-bond acceptors (Lipinski definition) is 6. The summed E-state index contributed by atoms with van der Waals surface area (Å²) in [5.41, 5.74) is 12.7. The van der Waals surface area contributed by atoms with Gasteiger partial charge in [-0.25, -0.2) is 9.97 Å². The molecular weight excluding hydrogens is 775 g/mol. The number of benzene rings is 7. The van der Waals surface area contributed by atoms with E-state index in [1.54, 1.807) is 6.20 Å². The summed E-state index contributed by atoms with van der Waals surface area (Å²) in [6.07, 6.45) is 3.64. The third kappa shape index (κ3) is 5.66. The van der Waals surface area contributed by atoms with Crippen molar-refractivity contribution in [3.63, 3.8) is 0 Å². The molecular formula is C55H33N7O. The van der Waals surface area contributed by atoms with Crippen molar-refractivity contribution in [2.75, 3.05) is 0 Å². The van der Waals surface area contributed by atoms with Crippen LogP contribution in [0, 0.1) is 0 Å². The zero-order valence-electron chi connectivity index (χ0n) is 33.6. The molecule has 0 radical (unpaired) electrons. The molecule has 7 aromatic carbocycles. The monoisotopic (exact) mass is 807 g/mol. The van der Waals surface area contributed by atoms with E-state index in [-0.39, 0.29) is 0 Å². The molecule has 0 aliphatic heterocycles. The van der Waals surface area contributed by atoms with Gasteiger partial charge in [0.1, 0.15) is 11.2 Å². The SMILES string of the molecule is c1ccc(-c2nc(-c3ccccc3)nc(-n3c4ccccc4c4cc(-c5cccc(-c6ccc7c(c6)c6ccccc6n7-c6ccc7oc8ccncc8c7c6)n5)ccc43)n2)cc1. The van der Waals surface area contributed by atoms with Gasteiger partial charge in [0.05, 0.1) is 33.5 Å². The summed E-state index contributed by atoms with van der Waals surface area (Å²) in [5, 5.41) is 6.58. The Morgan fingerprint density at radius 1 is 0.349 bits per heavy atom. The fraction of sp³-hybridized carbons (Fsp3) is 0. The molecule has 0 unspecified atom stereocenters. The van der Waals surface area contributed by atoms with Gasteiger partial charge in [-0.15, -0.1) is 0 Å². The molecule has 294 valence electrons. The number of rotatable bonds is 6. The first-order valence-corrected chi connectivity index (χ1v) is 20.9. The van der Waals surface area contributed by atoms with Gasteiger partial charge in [0.15, 0.2) is 11.6 Å². The number of nitrogens with zero attached hydrogens (tertiary/aromatic N) is 7. The Labute approximate surface area is 360 Å². The van der Waals surface area contributed by atoms with Crippen LogP contribution in [0.4, 0.5) is 0 Å². The minimum Gasteiger partial charge on any atom is -0.456 e. The lowest BCUT2D eigenvalue weighted by Gasteiger charge is -2.11. The first-order chi connectivity index (χ1) is 31.2. The topological polar surface area (TPSA) is 87.5 Å². The standard InChI is InChI=1S/C55H33N7O/c1-3-12-34(13-4-1)53-58-54(35-14-5-2-6-15-35)60-55(59-53)62-48-21-10-8-17-40(48)42-31-37(23-26-50(42)62)46-19-11-18-45(57-46)36-22-25-49-41(30-36)39-16-7-9-20-47(39)61(49)38-24-27-51-43(32-38)44-33-56-29-28-52(44)63-51/h1-33H. The molecule has 13 aromatic rings. The van der Waals surface area contributed by atoms with E-state index >= 15 is 0 Å². The normalized spacial score (nSPS) is 11.8. The van der Waals surface area contributed by atoms with Crippen molar-refractivity contribution >= 4 is 65.6 Å². The van der Waals surface area contributed by atoms with Crippen molar-refractivity contribution in [2.45, 2.75) is 0 Å². The van der Waals surface area contributed by atoms with Crippen LogP contribution in [0.3, 0.4) is 0 Å². The molecule has 0 atom stereocenters. The first-order valence-electron chi connectivity index (χ1n) is 20.9. The molecule has 8 nitrogen and oxygen atoms in total. The third-order valence-electron chi connectivity index (χ3n) is 12.1. The van der Waals surface area contributed by atoms with Gasteiger partial charge in [-0.05, 0) is 72.8 Å². The molecule has 6 aromatic heterocycles. The minimum absolute atomic E-state index is 0.561. The van der Waals surface area contributed by atoms with Gasteiger partial charge in [-0.2, -0.15) is 9.97 Å². The summed E-state index contributed by atoms with van der Waals surface area (Å²) in [6.45, 7) is 0. The molecule has 0 bridgehead atoms. The maximum Gasteiger partial charge on any atom is 0.238 e.